The first-order valence-electron chi connectivity index (χ1n) is 5.33. The van der Waals surface area contributed by atoms with Gasteiger partial charge in [-0.2, -0.15) is 5.10 Å². The molecule has 98 valence electrons. The minimum absolute atomic E-state index is 0.0549. The Morgan fingerprint density at radius 3 is 2.95 bits per heavy atom. The summed E-state index contributed by atoms with van der Waals surface area (Å²) in [6.45, 7) is -0.245. The molecule has 1 aromatic heterocycles. The van der Waals surface area contributed by atoms with E-state index in [9.17, 15) is 8.42 Å². The molecule has 0 bridgehead atoms. The van der Waals surface area contributed by atoms with Crippen LogP contribution in [0, 0.1) is 11.8 Å². The highest BCUT2D eigenvalue weighted by Crippen LogP contribution is 2.15. The summed E-state index contributed by atoms with van der Waals surface area (Å²) in [4.78, 5) is 0.0549. The second kappa shape index (κ2) is 5.56. The fourth-order valence-electron chi connectivity index (χ4n) is 1.40. The quantitative estimate of drug-likeness (QED) is 0.714. The van der Waals surface area contributed by atoms with Crippen molar-refractivity contribution in [3.8, 4) is 11.8 Å². The van der Waals surface area contributed by atoms with Gasteiger partial charge in [0.1, 0.15) is 11.5 Å². The van der Waals surface area contributed by atoms with E-state index in [1.54, 1.807) is 24.3 Å². The number of rotatable bonds is 3. The Hall–Kier alpha value is -2.30. The molecule has 0 spiro atoms. The van der Waals surface area contributed by atoms with Gasteiger partial charge in [0.15, 0.2) is 0 Å². The lowest BCUT2D eigenvalue weighted by molar-refractivity contribution is 0.350. The number of aromatic nitrogens is 2. The molecule has 0 saturated carbocycles. The fourth-order valence-corrected chi connectivity index (χ4v) is 2.36. The number of aliphatic hydroxyl groups is 1. The lowest BCUT2D eigenvalue weighted by atomic mass is 10.2. The molecular formula is C12H11N3O3S. The third kappa shape index (κ3) is 3.34. The normalized spacial score (nSPS) is 10.6. The molecule has 1 aromatic carbocycles. The largest absolute Gasteiger partial charge is 0.384 e. The summed E-state index contributed by atoms with van der Waals surface area (Å²) >= 11 is 0. The van der Waals surface area contributed by atoms with Crippen molar-refractivity contribution in [1.29, 1.82) is 0 Å². The lowest BCUT2D eigenvalue weighted by Gasteiger charge is -2.06. The van der Waals surface area contributed by atoms with Crippen molar-refractivity contribution in [1.82, 2.24) is 10.2 Å². The Morgan fingerprint density at radius 1 is 1.42 bits per heavy atom. The first-order valence-corrected chi connectivity index (χ1v) is 6.81. The number of aliphatic hydroxyl groups excluding tert-OH is 1. The average molecular weight is 277 g/mol. The van der Waals surface area contributed by atoms with Crippen molar-refractivity contribution < 1.29 is 13.5 Å². The van der Waals surface area contributed by atoms with E-state index in [4.69, 9.17) is 5.11 Å². The second-order valence-electron chi connectivity index (χ2n) is 3.58. The SMILES string of the molecule is O=S(=O)(Nc1cccc(C#CCO)c1)c1cn[nH]c1. The first-order chi connectivity index (χ1) is 9.12. The maximum Gasteiger partial charge on any atom is 0.265 e. The van der Waals surface area contributed by atoms with Crippen LogP contribution in [0.1, 0.15) is 5.56 Å². The number of nitrogens with one attached hydrogen (secondary N) is 2. The van der Waals surface area contributed by atoms with E-state index in [0.29, 0.717) is 11.3 Å². The number of benzene rings is 1. The third-order valence-corrected chi connectivity index (χ3v) is 3.56. The van der Waals surface area contributed by atoms with Crippen LogP contribution in [0.3, 0.4) is 0 Å². The van der Waals surface area contributed by atoms with E-state index in [0.717, 1.165) is 0 Å². The maximum atomic E-state index is 11.9. The third-order valence-electron chi connectivity index (χ3n) is 2.21. The summed E-state index contributed by atoms with van der Waals surface area (Å²) in [5.41, 5.74) is 1.01. The van der Waals surface area contributed by atoms with E-state index in [1.807, 2.05) is 0 Å². The van der Waals surface area contributed by atoms with Crippen LogP contribution in [-0.2, 0) is 10.0 Å². The Kier molecular flexibility index (Phi) is 3.85. The zero-order chi connectivity index (χ0) is 13.7. The van der Waals surface area contributed by atoms with Crippen LogP contribution in [0.15, 0.2) is 41.6 Å². The number of anilines is 1. The van der Waals surface area contributed by atoms with Gasteiger partial charge in [0.25, 0.3) is 10.0 Å². The van der Waals surface area contributed by atoms with Crippen molar-refractivity contribution in [2.24, 2.45) is 0 Å². The Balaban J connectivity index is 2.25. The molecule has 0 unspecified atom stereocenters. The molecular weight excluding hydrogens is 266 g/mol. The predicted molar refractivity (Wildman–Crippen MR) is 69.8 cm³/mol. The number of aromatic amines is 1. The molecule has 6 nitrogen and oxygen atoms in total. The van der Waals surface area contributed by atoms with Gasteiger partial charge in [-0.1, -0.05) is 17.9 Å². The van der Waals surface area contributed by atoms with Gasteiger partial charge in [0.2, 0.25) is 0 Å². The van der Waals surface area contributed by atoms with Crippen molar-refractivity contribution in [3.05, 3.63) is 42.2 Å². The highest BCUT2D eigenvalue weighted by Gasteiger charge is 2.14. The monoisotopic (exact) mass is 277 g/mol. The molecule has 19 heavy (non-hydrogen) atoms. The molecule has 0 radical (unpaired) electrons. The van der Waals surface area contributed by atoms with E-state index < -0.39 is 10.0 Å². The smallest absolute Gasteiger partial charge is 0.265 e. The van der Waals surface area contributed by atoms with Gasteiger partial charge < -0.3 is 5.11 Å². The van der Waals surface area contributed by atoms with Gasteiger partial charge in [0.05, 0.1) is 11.9 Å². The Morgan fingerprint density at radius 2 is 2.26 bits per heavy atom. The number of nitrogens with zero attached hydrogens (tertiary/aromatic N) is 1. The van der Waals surface area contributed by atoms with Crippen LogP contribution in [0.4, 0.5) is 5.69 Å². The summed E-state index contributed by atoms with van der Waals surface area (Å²) < 4.78 is 26.3. The topological polar surface area (TPSA) is 95.1 Å². The van der Waals surface area contributed by atoms with E-state index in [1.165, 1.54) is 12.4 Å². The van der Waals surface area contributed by atoms with Gasteiger partial charge in [-0.3, -0.25) is 9.82 Å². The second-order valence-corrected chi connectivity index (χ2v) is 5.26. The van der Waals surface area contributed by atoms with Crippen LogP contribution in [0.2, 0.25) is 0 Å². The molecule has 7 heteroatoms. The van der Waals surface area contributed by atoms with Crippen molar-refractivity contribution in [2.45, 2.75) is 4.90 Å². The van der Waals surface area contributed by atoms with Gasteiger partial charge in [0, 0.05) is 11.8 Å². The van der Waals surface area contributed by atoms with Crippen LogP contribution in [-0.4, -0.2) is 30.3 Å². The molecule has 0 fully saturated rings. The molecule has 0 saturated heterocycles. The average Bonchev–Trinajstić information content (AvgIpc) is 2.91. The summed E-state index contributed by atoms with van der Waals surface area (Å²) in [7, 11) is -3.65. The Bertz CT molecular complexity index is 712. The number of sulfonamides is 1. The predicted octanol–water partition coefficient (Wildman–Crippen LogP) is 0.554. The van der Waals surface area contributed by atoms with Crippen molar-refractivity contribution >= 4 is 15.7 Å². The molecule has 0 aliphatic carbocycles. The minimum Gasteiger partial charge on any atom is -0.384 e. The standard InChI is InChI=1S/C12H11N3O3S/c16-6-2-4-10-3-1-5-11(7-10)15-19(17,18)12-8-13-14-9-12/h1,3,5,7-9,15-16H,6H2,(H,13,14). The zero-order valence-electron chi connectivity index (χ0n) is 9.79. The highest BCUT2D eigenvalue weighted by molar-refractivity contribution is 7.92. The maximum absolute atomic E-state index is 11.9. The minimum atomic E-state index is -3.65. The molecule has 2 aromatic rings. The van der Waals surface area contributed by atoms with Gasteiger partial charge in [-0.25, -0.2) is 8.42 Å². The molecule has 2 rings (SSSR count). The molecule has 0 aliphatic heterocycles. The van der Waals surface area contributed by atoms with Crippen LogP contribution in [0.5, 0.6) is 0 Å². The van der Waals surface area contributed by atoms with Crippen LogP contribution < -0.4 is 4.72 Å². The van der Waals surface area contributed by atoms with Crippen molar-refractivity contribution in [2.75, 3.05) is 11.3 Å². The van der Waals surface area contributed by atoms with Crippen LogP contribution in [0.25, 0.3) is 0 Å². The Labute approximate surface area is 110 Å². The molecule has 0 aliphatic rings. The van der Waals surface area contributed by atoms with E-state index in [-0.39, 0.29) is 11.5 Å². The van der Waals surface area contributed by atoms with Crippen molar-refractivity contribution in [3.63, 3.8) is 0 Å². The van der Waals surface area contributed by atoms with Crippen LogP contribution >= 0.6 is 0 Å². The molecule has 1 heterocycles. The zero-order valence-corrected chi connectivity index (χ0v) is 10.6. The summed E-state index contributed by atoms with van der Waals surface area (Å²) in [5, 5.41) is 14.6. The summed E-state index contributed by atoms with van der Waals surface area (Å²) in [6, 6.07) is 6.59. The molecule has 0 amide bonds. The van der Waals surface area contributed by atoms with E-state index >= 15 is 0 Å². The number of H-pyrrole nitrogens is 1. The van der Waals surface area contributed by atoms with Gasteiger partial charge in [-0.05, 0) is 18.2 Å². The number of hydrogen-bond donors (Lipinski definition) is 3. The number of hydrogen-bond acceptors (Lipinski definition) is 4. The first kappa shape index (κ1) is 13.1. The molecule has 0 atom stereocenters. The summed E-state index contributed by atoms with van der Waals surface area (Å²) in [6.07, 6.45) is 2.51. The van der Waals surface area contributed by atoms with Gasteiger partial charge >= 0.3 is 0 Å². The lowest BCUT2D eigenvalue weighted by Crippen LogP contribution is -2.12. The van der Waals surface area contributed by atoms with Gasteiger partial charge in [-0.15, -0.1) is 0 Å². The highest BCUT2D eigenvalue weighted by atomic mass is 32.2. The summed E-state index contributed by atoms with van der Waals surface area (Å²) in [5.74, 6) is 5.20. The fraction of sp³-hybridized carbons (Fsp3) is 0.0833. The van der Waals surface area contributed by atoms with E-state index in [2.05, 4.69) is 26.8 Å². The molecule has 3 N–H and O–H groups in total.